The van der Waals surface area contributed by atoms with Gasteiger partial charge in [-0.1, -0.05) is 41.6 Å². The average Bonchev–Trinajstić information content (AvgIpc) is 3.47. The number of fused-ring (bicyclic) bond motifs is 1. The van der Waals surface area contributed by atoms with E-state index >= 15 is 0 Å². The number of likely N-dealkylation sites (tertiary alicyclic amines) is 1. The Labute approximate surface area is 181 Å². The molecule has 7 heteroatoms. The smallest absolute Gasteiger partial charge is 0.266 e. The van der Waals surface area contributed by atoms with Crippen molar-refractivity contribution in [2.75, 3.05) is 19.9 Å². The fourth-order valence-corrected chi connectivity index (χ4v) is 4.22. The summed E-state index contributed by atoms with van der Waals surface area (Å²) in [7, 11) is 0. The van der Waals surface area contributed by atoms with Crippen LogP contribution in [0.2, 0.25) is 0 Å². The van der Waals surface area contributed by atoms with Gasteiger partial charge in [-0.25, -0.2) is 0 Å². The fraction of sp³-hybridized carbons (Fsp3) is 0.417. The summed E-state index contributed by atoms with van der Waals surface area (Å²) in [4.78, 5) is 20.4. The van der Waals surface area contributed by atoms with E-state index in [-0.39, 0.29) is 18.8 Å². The SMILES string of the molecule is O=C([C@@H]1CC(Cc2ccc3c(c2)OCO3)=NO1)N1CCC[C@@H](OCc2ccccc2)C1. The van der Waals surface area contributed by atoms with Crippen LogP contribution in [-0.2, 0) is 27.4 Å². The molecule has 0 aromatic heterocycles. The first kappa shape index (κ1) is 19.9. The van der Waals surface area contributed by atoms with E-state index in [1.807, 2.05) is 41.3 Å². The second kappa shape index (κ2) is 8.98. The molecule has 0 saturated carbocycles. The molecule has 3 heterocycles. The van der Waals surface area contributed by atoms with Crippen LogP contribution in [0.1, 0.15) is 30.4 Å². The molecule has 0 radical (unpaired) electrons. The van der Waals surface area contributed by atoms with E-state index in [0.29, 0.717) is 26.0 Å². The van der Waals surface area contributed by atoms with Gasteiger partial charge in [0, 0.05) is 25.9 Å². The Kier molecular flexibility index (Phi) is 5.76. The lowest BCUT2D eigenvalue weighted by molar-refractivity contribution is -0.146. The van der Waals surface area contributed by atoms with Crippen molar-refractivity contribution in [3.63, 3.8) is 0 Å². The van der Waals surface area contributed by atoms with E-state index < -0.39 is 6.10 Å². The van der Waals surface area contributed by atoms with Crippen molar-refractivity contribution in [3.8, 4) is 11.5 Å². The molecule has 1 fully saturated rings. The number of benzene rings is 2. The number of piperidine rings is 1. The molecule has 7 nitrogen and oxygen atoms in total. The van der Waals surface area contributed by atoms with Gasteiger partial charge in [-0.15, -0.1) is 0 Å². The van der Waals surface area contributed by atoms with Gasteiger partial charge in [-0.3, -0.25) is 4.79 Å². The predicted molar refractivity (Wildman–Crippen MR) is 114 cm³/mol. The Morgan fingerprint density at radius 3 is 2.87 bits per heavy atom. The Morgan fingerprint density at radius 2 is 1.97 bits per heavy atom. The summed E-state index contributed by atoms with van der Waals surface area (Å²) in [5.74, 6) is 1.51. The van der Waals surface area contributed by atoms with Crippen molar-refractivity contribution in [2.24, 2.45) is 5.16 Å². The third-order valence-electron chi connectivity index (χ3n) is 5.87. The quantitative estimate of drug-likeness (QED) is 0.714. The molecule has 5 rings (SSSR count). The third-order valence-corrected chi connectivity index (χ3v) is 5.87. The first-order valence-corrected chi connectivity index (χ1v) is 10.8. The van der Waals surface area contributed by atoms with Crippen LogP contribution in [0.4, 0.5) is 0 Å². The first-order valence-electron chi connectivity index (χ1n) is 10.8. The van der Waals surface area contributed by atoms with Crippen LogP contribution in [0, 0.1) is 0 Å². The molecular weight excluding hydrogens is 396 g/mol. The summed E-state index contributed by atoms with van der Waals surface area (Å²) in [5, 5.41) is 4.18. The maximum atomic E-state index is 13.0. The van der Waals surface area contributed by atoms with Gasteiger partial charge in [0.05, 0.1) is 18.4 Å². The third kappa shape index (κ3) is 4.66. The molecule has 0 bridgehead atoms. The summed E-state index contributed by atoms with van der Waals surface area (Å²) in [6, 6.07) is 16.0. The van der Waals surface area contributed by atoms with Crippen molar-refractivity contribution in [3.05, 3.63) is 59.7 Å². The zero-order valence-corrected chi connectivity index (χ0v) is 17.4. The molecule has 31 heavy (non-hydrogen) atoms. The van der Waals surface area contributed by atoms with Gasteiger partial charge in [0.2, 0.25) is 12.9 Å². The van der Waals surface area contributed by atoms with E-state index in [4.69, 9.17) is 19.0 Å². The lowest BCUT2D eigenvalue weighted by atomic mass is 10.0. The average molecular weight is 422 g/mol. The standard InChI is InChI=1S/C24H26N2O5/c27-24(26-10-4-7-20(14-26)28-15-17-5-2-1-3-6-17)23-13-19(25-31-23)11-18-8-9-21-22(12-18)30-16-29-21/h1-3,5-6,8-9,12,20,23H,4,7,10-11,13-16H2/t20-,23+/m1/s1. The zero-order valence-electron chi connectivity index (χ0n) is 17.4. The minimum atomic E-state index is -0.545. The van der Waals surface area contributed by atoms with Crippen LogP contribution in [-0.4, -0.2) is 48.6 Å². The van der Waals surface area contributed by atoms with Crippen LogP contribution < -0.4 is 9.47 Å². The molecule has 2 aromatic rings. The van der Waals surface area contributed by atoms with Crippen molar-refractivity contribution in [1.82, 2.24) is 4.90 Å². The number of carbonyl (C=O) groups excluding carboxylic acids is 1. The van der Waals surface area contributed by atoms with Crippen LogP contribution in [0.15, 0.2) is 53.7 Å². The van der Waals surface area contributed by atoms with Gasteiger partial charge in [0.1, 0.15) is 0 Å². The highest BCUT2D eigenvalue weighted by atomic mass is 16.7. The van der Waals surface area contributed by atoms with Crippen molar-refractivity contribution in [2.45, 2.75) is 44.5 Å². The summed E-state index contributed by atoms with van der Waals surface area (Å²) < 4.78 is 16.9. The van der Waals surface area contributed by atoms with Crippen LogP contribution in [0.25, 0.3) is 0 Å². The maximum Gasteiger partial charge on any atom is 0.266 e. The van der Waals surface area contributed by atoms with Gasteiger partial charge >= 0.3 is 0 Å². The van der Waals surface area contributed by atoms with E-state index in [1.165, 1.54) is 0 Å². The van der Waals surface area contributed by atoms with Gasteiger partial charge < -0.3 is 23.9 Å². The summed E-state index contributed by atoms with van der Waals surface area (Å²) in [6.45, 7) is 2.16. The monoisotopic (exact) mass is 422 g/mol. The largest absolute Gasteiger partial charge is 0.454 e. The summed E-state index contributed by atoms with van der Waals surface area (Å²) in [6.07, 6.45) is 2.55. The number of carbonyl (C=O) groups is 1. The molecule has 0 spiro atoms. The lowest BCUT2D eigenvalue weighted by Crippen LogP contribution is -2.47. The Morgan fingerprint density at radius 1 is 1.10 bits per heavy atom. The maximum absolute atomic E-state index is 13.0. The van der Waals surface area contributed by atoms with Crippen LogP contribution in [0.5, 0.6) is 11.5 Å². The lowest BCUT2D eigenvalue weighted by Gasteiger charge is -2.33. The number of hydrogen-bond donors (Lipinski definition) is 0. The van der Waals surface area contributed by atoms with Crippen LogP contribution >= 0.6 is 0 Å². The highest BCUT2D eigenvalue weighted by Gasteiger charge is 2.34. The molecule has 3 aliphatic rings. The molecule has 2 aromatic carbocycles. The topological polar surface area (TPSA) is 69.6 Å². The Bertz CT molecular complexity index is 962. The summed E-state index contributed by atoms with van der Waals surface area (Å²) >= 11 is 0. The molecule has 0 N–H and O–H groups in total. The van der Waals surface area contributed by atoms with E-state index in [0.717, 1.165) is 47.7 Å². The Hall–Kier alpha value is -3.06. The van der Waals surface area contributed by atoms with E-state index in [1.54, 1.807) is 0 Å². The van der Waals surface area contributed by atoms with E-state index in [2.05, 4.69) is 17.3 Å². The van der Waals surface area contributed by atoms with Gasteiger partial charge in [-0.2, -0.15) is 0 Å². The highest BCUT2D eigenvalue weighted by Crippen LogP contribution is 2.33. The van der Waals surface area contributed by atoms with Crippen molar-refractivity contribution < 1.29 is 23.8 Å². The predicted octanol–water partition coefficient (Wildman–Crippen LogP) is 3.31. The van der Waals surface area contributed by atoms with Gasteiger partial charge in [0.15, 0.2) is 11.5 Å². The highest BCUT2D eigenvalue weighted by molar-refractivity contribution is 5.94. The number of oxime groups is 1. The van der Waals surface area contributed by atoms with Gasteiger partial charge in [-0.05, 0) is 36.1 Å². The number of hydrogen-bond acceptors (Lipinski definition) is 6. The second-order valence-electron chi connectivity index (χ2n) is 8.17. The number of nitrogens with zero attached hydrogens (tertiary/aromatic N) is 2. The van der Waals surface area contributed by atoms with Crippen molar-refractivity contribution >= 4 is 11.6 Å². The molecule has 1 amide bonds. The number of ether oxygens (including phenoxy) is 3. The molecule has 1 saturated heterocycles. The minimum Gasteiger partial charge on any atom is -0.454 e. The van der Waals surface area contributed by atoms with Crippen molar-refractivity contribution in [1.29, 1.82) is 0 Å². The normalized spacial score (nSPS) is 22.2. The molecule has 2 atom stereocenters. The zero-order chi connectivity index (χ0) is 21.0. The molecule has 3 aliphatic heterocycles. The molecule has 0 aliphatic carbocycles. The Balaban J connectivity index is 1.12. The first-order chi connectivity index (χ1) is 15.2. The summed E-state index contributed by atoms with van der Waals surface area (Å²) in [5.41, 5.74) is 3.07. The number of amides is 1. The minimum absolute atomic E-state index is 0.00236. The molecule has 0 unspecified atom stereocenters. The van der Waals surface area contributed by atoms with Crippen LogP contribution in [0.3, 0.4) is 0 Å². The fourth-order valence-electron chi connectivity index (χ4n) is 4.22. The second-order valence-corrected chi connectivity index (χ2v) is 8.17. The molecule has 162 valence electrons. The van der Waals surface area contributed by atoms with Gasteiger partial charge in [0.25, 0.3) is 5.91 Å². The molecular formula is C24H26N2O5. The van der Waals surface area contributed by atoms with E-state index in [9.17, 15) is 4.79 Å². The number of rotatable bonds is 6.